The fourth-order valence-electron chi connectivity index (χ4n) is 4.07. The van der Waals surface area contributed by atoms with Crippen molar-refractivity contribution in [2.75, 3.05) is 0 Å². The van der Waals surface area contributed by atoms with E-state index in [1.165, 1.54) is 22.1 Å². The second-order valence-corrected chi connectivity index (χ2v) is 7.75. The highest BCUT2D eigenvalue weighted by atomic mass is 16.1. The number of amides is 1. The maximum Gasteiger partial charge on any atom is 0.251 e. The highest BCUT2D eigenvalue weighted by Crippen LogP contribution is 2.32. The van der Waals surface area contributed by atoms with Crippen LogP contribution in [0.25, 0.3) is 11.5 Å². The number of nitrogens with one attached hydrogen (secondary N) is 1. The van der Waals surface area contributed by atoms with Crippen molar-refractivity contribution in [1.82, 2.24) is 40.3 Å². The Morgan fingerprint density at radius 1 is 1.23 bits per heavy atom. The standard InChI is InChI=1S/C22H22N8O/c1-14-5-3-7-19(15(14)2)30-20-8-4-6-18(17(20)12-25-30)26-22(31)16-9-10-23-21(11-16)29-13-24-27-28-29/h3,5,7,9-13,18H,4,6,8H2,1-2H3,(H,26,31)/t18-/m0/s1. The Morgan fingerprint density at radius 3 is 2.97 bits per heavy atom. The van der Waals surface area contributed by atoms with E-state index in [4.69, 9.17) is 0 Å². The molecule has 5 rings (SSSR count). The SMILES string of the molecule is Cc1cccc(-n2ncc3c2CCC[C@@H]3NC(=O)c2ccnc(-n3cnnn3)c2)c1C. The molecule has 1 N–H and O–H groups in total. The highest BCUT2D eigenvalue weighted by Gasteiger charge is 2.27. The second kappa shape index (κ2) is 7.75. The highest BCUT2D eigenvalue weighted by molar-refractivity contribution is 5.94. The summed E-state index contributed by atoms with van der Waals surface area (Å²) in [6.07, 6.45) is 7.72. The number of carbonyl (C=O) groups is 1. The molecule has 1 aliphatic carbocycles. The summed E-state index contributed by atoms with van der Waals surface area (Å²) in [7, 11) is 0. The van der Waals surface area contributed by atoms with Gasteiger partial charge in [0, 0.05) is 23.0 Å². The van der Waals surface area contributed by atoms with Crippen LogP contribution in [-0.2, 0) is 6.42 Å². The molecule has 9 nitrogen and oxygen atoms in total. The first-order valence-electron chi connectivity index (χ1n) is 10.3. The molecule has 3 heterocycles. The van der Waals surface area contributed by atoms with Crippen molar-refractivity contribution in [2.24, 2.45) is 0 Å². The Labute approximate surface area is 179 Å². The molecule has 0 bridgehead atoms. The smallest absolute Gasteiger partial charge is 0.251 e. The lowest BCUT2D eigenvalue weighted by atomic mass is 9.92. The largest absolute Gasteiger partial charge is 0.345 e. The van der Waals surface area contributed by atoms with Crippen molar-refractivity contribution in [3.05, 3.63) is 77.0 Å². The predicted molar refractivity (Wildman–Crippen MR) is 113 cm³/mol. The van der Waals surface area contributed by atoms with Gasteiger partial charge in [-0.05, 0) is 72.9 Å². The van der Waals surface area contributed by atoms with Crippen molar-refractivity contribution >= 4 is 5.91 Å². The van der Waals surface area contributed by atoms with Gasteiger partial charge < -0.3 is 5.32 Å². The molecule has 31 heavy (non-hydrogen) atoms. The average molecular weight is 414 g/mol. The molecule has 0 fully saturated rings. The summed E-state index contributed by atoms with van der Waals surface area (Å²) in [5.41, 5.74) is 6.29. The van der Waals surface area contributed by atoms with Crippen molar-refractivity contribution in [2.45, 2.75) is 39.2 Å². The normalized spacial score (nSPS) is 15.5. The van der Waals surface area contributed by atoms with Crippen molar-refractivity contribution in [1.29, 1.82) is 0 Å². The van der Waals surface area contributed by atoms with E-state index in [0.717, 1.165) is 36.2 Å². The van der Waals surface area contributed by atoms with Crippen LogP contribution in [0.4, 0.5) is 0 Å². The number of aryl methyl sites for hydroxylation is 1. The summed E-state index contributed by atoms with van der Waals surface area (Å²) in [5.74, 6) is 0.332. The molecule has 0 saturated heterocycles. The summed E-state index contributed by atoms with van der Waals surface area (Å²) in [5, 5.41) is 18.9. The van der Waals surface area contributed by atoms with E-state index in [0.29, 0.717) is 11.4 Å². The third-order valence-corrected chi connectivity index (χ3v) is 5.88. The van der Waals surface area contributed by atoms with Crippen LogP contribution in [0, 0.1) is 13.8 Å². The lowest BCUT2D eigenvalue weighted by Gasteiger charge is -2.24. The third-order valence-electron chi connectivity index (χ3n) is 5.88. The molecule has 3 aromatic heterocycles. The molecule has 0 saturated carbocycles. The van der Waals surface area contributed by atoms with Crippen molar-refractivity contribution < 1.29 is 4.79 Å². The number of carbonyl (C=O) groups excluding carboxylic acids is 1. The topological polar surface area (TPSA) is 103 Å². The van der Waals surface area contributed by atoms with Gasteiger partial charge in [-0.1, -0.05) is 12.1 Å². The van der Waals surface area contributed by atoms with E-state index in [2.05, 4.69) is 63.0 Å². The van der Waals surface area contributed by atoms with Crippen LogP contribution in [0.5, 0.6) is 0 Å². The molecule has 4 aromatic rings. The fraction of sp³-hybridized carbons (Fsp3) is 0.273. The van der Waals surface area contributed by atoms with Gasteiger partial charge in [0.1, 0.15) is 6.33 Å². The number of nitrogens with zero attached hydrogens (tertiary/aromatic N) is 7. The lowest BCUT2D eigenvalue weighted by Crippen LogP contribution is -2.31. The molecule has 156 valence electrons. The van der Waals surface area contributed by atoms with Crippen LogP contribution in [0.3, 0.4) is 0 Å². The lowest BCUT2D eigenvalue weighted by molar-refractivity contribution is 0.0932. The van der Waals surface area contributed by atoms with Gasteiger partial charge in [-0.15, -0.1) is 5.10 Å². The minimum Gasteiger partial charge on any atom is -0.345 e. The first kappa shape index (κ1) is 19.1. The van der Waals surface area contributed by atoms with Crippen molar-refractivity contribution in [3.8, 4) is 11.5 Å². The van der Waals surface area contributed by atoms with Gasteiger partial charge in [0.05, 0.1) is 17.9 Å². The van der Waals surface area contributed by atoms with E-state index >= 15 is 0 Å². The van der Waals surface area contributed by atoms with Crippen molar-refractivity contribution in [3.63, 3.8) is 0 Å². The molecular weight excluding hydrogens is 392 g/mol. The average Bonchev–Trinajstić information content (AvgIpc) is 3.47. The third kappa shape index (κ3) is 3.48. The Hall–Kier alpha value is -3.88. The number of pyridine rings is 1. The quantitative estimate of drug-likeness (QED) is 0.551. The van der Waals surface area contributed by atoms with Crippen LogP contribution in [0.2, 0.25) is 0 Å². The maximum absolute atomic E-state index is 13.0. The maximum atomic E-state index is 13.0. The summed E-state index contributed by atoms with van der Waals surface area (Å²) >= 11 is 0. The monoisotopic (exact) mass is 414 g/mol. The molecular formula is C22H22N8O. The summed E-state index contributed by atoms with van der Waals surface area (Å²) in [4.78, 5) is 17.2. The minimum atomic E-state index is -0.158. The zero-order chi connectivity index (χ0) is 21.4. The zero-order valence-electron chi connectivity index (χ0n) is 17.4. The van der Waals surface area contributed by atoms with E-state index < -0.39 is 0 Å². The molecule has 1 aliphatic rings. The van der Waals surface area contributed by atoms with Gasteiger partial charge in [0.2, 0.25) is 0 Å². The van der Waals surface area contributed by atoms with Gasteiger partial charge in [-0.3, -0.25) is 4.79 Å². The van der Waals surface area contributed by atoms with E-state index in [1.807, 2.05) is 10.9 Å². The first-order valence-corrected chi connectivity index (χ1v) is 10.3. The molecule has 1 amide bonds. The Balaban J connectivity index is 1.42. The summed E-state index contributed by atoms with van der Waals surface area (Å²) < 4.78 is 3.45. The second-order valence-electron chi connectivity index (χ2n) is 7.75. The Morgan fingerprint density at radius 2 is 2.13 bits per heavy atom. The number of hydrogen-bond acceptors (Lipinski definition) is 6. The van der Waals surface area contributed by atoms with E-state index in [1.54, 1.807) is 18.3 Å². The Kier molecular flexibility index (Phi) is 4.78. The van der Waals surface area contributed by atoms with Gasteiger partial charge >= 0.3 is 0 Å². The van der Waals surface area contributed by atoms with Gasteiger partial charge in [0.25, 0.3) is 5.91 Å². The Bertz CT molecular complexity index is 1240. The summed E-state index contributed by atoms with van der Waals surface area (Å²) in [6, 6.07) is 9.53. The molecule has 0 radical (unpaired) electrons. The van der Waals surface area contributed by atoms with Crippen LogP contribution < -0.4 is 5.32 Å². The number of fused-ring (bicyclic) bond motifs is 1. The van der Waals surface area contributed by atoms with Gasteiger partial charge in [-0.2, -0.15) is 9.78 Å². The number of benzene rings is 1. The number of aromatic nitrogens is 7. The van der Waals surface area contributed by atoms with Crippen LogP contribution in [0.1, 0.15) is 51.6 Å². The molecule has 0 aliphatic heterocycles. The van der Waals surface area contributed by atoms with E-state index in [9.17, 15) is 4.79 Å². The first-order chi connectivity index (χ1) is 15.1. The van der Waals surface area contributed by atoms with Gasteiger partial charge in [0.15, 0.2) is 5.82 Å². The number of hydrogen-bond donors (Lipinski definition) is 1. The van der Waals surface area contributed by atoms with E-state index in [-0.39, 0.29) is 11.9 Å². The number of rotatable bonds is 4. The zero-order valence-corrected chi connectivity index (χ0v) is 17.4. The molecule has 1 aromatic carbocycles. The predicted octanol–water partition coefficient (Wildman–Crippen LogP) is 2.67. The fourth-order valence-corrected chi connectivity index (χ4v) is 4.07. The van der Waals surface area contributed by atoms with Gasteiger partial charge in [-0.25, -0.2) is 9.67 Å². The minimum absolute atomic E-state index is 0.0835. The number of tetrazole rings is 1. The molecule has 1 atom stereocenters. The van der Waals surface area contributed by atoms with Crippen LogP contribution >= 0.6 is 0 Å². The molecule has 9 heteroatoms. The summed E-state index contributed by atoms with van der Waals surface area (Å²) in [6.45, 7) is 4.22. The molecule has 0 spiro atoms. The molecule has 0 unspecified atom stereocenters. The van der Waals surface area contributed by atoms with Crippen LogP contribution in [0.15, 0.2) is 49.1 Å². The van der Waals surface area contributed by atoms with Crippen LogP contribution in [-0.4, -0.2) is 40.9 Å².